The predicted molar refractivity (Wildman–Crippen MR) is 71.4 cm³/mol. The van der Waals surface area contributed by atoms with Crippen molar-refractivity contribution in [1.82, 2.24) is 9.55 Å². The Morgan fingerprint density at radius 2 is 1.71 bits per heavy atom. The summed E-state index contributed by atoms with van der Waals surface area (Å²) in [6.45, 7) is -0.189. The summed E-state index contributed by atoms with van der Waals surface area (Å²) in [7, 11) is 0. The minimum absolute atomic E-state index is 0.189. The van der Waals surface area contributed by atoms with Gasteiger partial charge in [0.1, 0.15) is 17.5 Å². The van der Waals surface area contributed by atoms with E-state index in [1.807, 2.05) is 0 Å². The molecular formula is C15H9F3N2O. The van der Waals surface area contributed by atoms with Crippen molar-refractivity contribution in [3.63, 3.8) is 0 Å². The Bertz CT molecular complexity index is 866. The summed E-state index contributed by atoms with van der Waals surface area (Å²) in [6, 6.07) is 7.86. The second-order valence-electron chi connectivity index (χ2n) is 4.54. The monoisotopic (exact) mass is 290 g/mol. The van der Waals surface area contributed by atoms with Crippen LogP contribution in [0.3, 0.4) is 0 Å². The molecule has 0 atom stereocenters. The van der Waals surface area contributed by atoms with Crippen LogP contribution in [0.1, 0.15) is 5.56 Å². The van der Waals surface area contributed by atoms with Crippen LogP contribution in [-0.4, -0.2) is 9.55 Å². The van der Waals surface area contributed by atoms with E-state index in [-0.39, 0.29) is 12.1 Å². The van der Waals surface area contributed by atoms with Crippen LogP contribution in [0.25, 0.3) is 10.9 Å². The van der Waals surface area contributed by atoms with Crippen molar-refractivity contribution in [3.8, 4) is 0 Å². The number of aromatic nitrogens is 2. The first kappa shape index (κ1) is 13.4. The summed E-state index contributed by atoms with van der Waals surface area (Å²) >= 11 is 0. The lowest BCUT2D eigenvalue weighted by atomic mass is 10.1. The SMILES string of the molecule is O=c1ncn(Cc2c(F)cc(F)cc2F)c2ccccc12. The third kappa shape index (κ3) is 2.40. The molecule has 0 amide bonds. The summed E-state index contributed by atoms with van der Waals surface area (Å²) in [5.74, 6) is -2.93. The lowest BCUT2D eigenvalue weighted by Crippen LogP contribution is -2.14. The summed E-state index contributed by atoms with van der Waals surface area (Å²) in [5, 5.41) is 0.350. The molecule has 0 radical (unpaired) electrons. The summed E-state index contributed by atoms with van der Waals surface area (Å²) in [5.41, 5.74) is -0.200. The van der Waals surface area contributed by atoms with Crippen molar-refractivity contribution >= 4 is 10.9 Å². The van der Waals surface area contributed by atoms with Crippen molar-refractivity contribution < 1.29 is 13.2 Å². The highest BCUT2D eigenvalue weighted by atomic mass is 19.1. The van der Waals surface area contributed by atoms with E-state index in [2.05, 4.69) is 4.98 Å². The van der Waals surface area contributed by atoms with E-state index in [1.54, 1.807) is 24.3 Å². The zero-order valence-corrected chi connectivity index (χ0v) is 10.7. The normalized spacial score (nSPS) is 11.0. The molecular weight excluding hydrogens is 281 g/mol. The maximum absolute atomic E-state index is 13.7. The fourth-order valence-corrected chi connectivity index (χ4v) is 2.18. The van der Waals surface area contributed by atoms with Gasteiger partial charge in [-0.15, -0.1) is 0 Å². The lowest BCUT2D eigenvalue weighted by molar-refractivity contribution is 0.517. The minimum Gasteiger partial charge on any atom is -0.327 e. The molecule has 0 aliphatic heterocycles. The van der Waals surface area contributed by atoms with Crippen molar-refractivity contribution in [3.05, 3.63) is 76.1 Å². The number of para-hydroxylation sites is 1. The van der Waals surface area contributed by atoms with Gasteiger partial charge in [-0.1, -0.05) is 12.1 Å². The maximum atomic E-state index is 13.7. The number of rotatable bonds is 2. The fraction of sp³-hybridized carbons (Fsp3) is 0.0667. The lowest BCUT2D eigenvalue weighted by Gasteiger charge is -2.11. The van der Waals surface area contributed by atoms with Crippen LogP contribution < -0.4 is 5.56 Å². The fourth-order valence-electron chi connectivity index (χ4n) is 2.18. The van der Waals surface area contributed by atoms with Gasteiger partial charge < -0.3 is 4.57 Å². The summed E-state index contributed by atoms with van der Waals surface area (Å²) < 4.78 is 41.8. The zero-order valence-electron chi connectivity index (χ0n) is 10.7. The Morgan fingerprint density at radius 3 is 2.43 bits per heavy atom. The van der Waals surface area contributed by atoms with Crippen LogP contribution in [0, 0.1) is 17.5 Å². The van der Waals surface area contributed by atoms with E-state index >= 15 is 0 Å². The number of nitrogens with zero attached hydrogens (tertiary/aromatic N) is 2. The Hall–Kier alpha value is -2.63. The number of benzene rings is 2. The number of hydrogen-bond donors (Lipinski definition) is 0. The Kier molecular flexibility index (Phi) is 3.21. The average Bonchev–Trinajstić information content (AvgIpc) is 2.45. The van der Waals surface area contributed by atoms with E-state index in [1.165, 1.54) is 10.9 Å². The molecule has 2 aromatic carbocycles. The molecule has 0 fully saturated rings. The largest absolute Gasteiger partial charge is 0.327 e. The topological polar surface area (TPSA) is 34.9 Å². The second kappa shape index (κ2) is 5.05. The van der Waals surface area contributed by atoms with Crippen molar-refractivity contribution in [1.29, 1.82) is 0 Å². The summed E-state index contributed by atoms with van der Waals surface area (Å²) in [6.07, 6.45) is 1.22. The average molecular weight is 290 g/mol. The Labute approximate surface area is 117 Å². The zero-order chi connectivity index (χ0) is 15.0. The quantitative estimate of drug-likeness (QED) is 0.727. The van der Waals surface area contributed by atoms with Crippen molar-refractivity contribution in [2.75, 3.05) is 0 Å². The van der Waals surface area contributed by atoms with Crippen molar-refractivity contribution in [2.45, 2.75) is 6.54 Å². The molecule has 1 heterocycles. The smallest absolute Gasteiger partial charge is 0.280 e. The first-order chi connectivity index (χ1) is 10.1. The Morgan fingerprint density at radius 1 is 1.05 bits per heavy atom. The minimum atomic E-state index is -0.977. The molecule has 0 saturated heterocycles. The van der Waals surface area contributed by atoms with Gasteiger partial charge in [0.25, 0.3) is 5.56 Å². The molecule has 21 heavy (non-hydrogen) atoms. The molecule has 0 saturated carbocycles. The van der Waals surface area contributed by atoms with Crippen LogP contribution in [0.5, 0.6) is 0 Å². The maximum Gasteiger partial charge on any atom is 0.280 e. The van der Waals surface area contributed by atoms with E-state index < -0.39 is 23.0 Å². The first-order valence-corrected chi connectivity index (χ1v) is 6.14. The van der Waals surface area contributed by atoms with Crippen LogP contribution in [0.2, 0.25) is 0 Å². The van der Waals surface area contributed by atoms with E-state index in [0.29, 0.717) is 23.0 Å². The molecule has 3 rings (SSSR count). The van der Waals surface area contributed by atoms with Gasteiger partial charge in [0.15, 0.2) is 0 Å². The highest BCUT2D eigenvalue weighted by molar-refractivity contribution is 5.77. The van der Waals surface area contributed by atoms with Gasteiger partial charge in [-0.3, -0.25) is 4.79 Å². The van der Waals surface area contributed by atoms with Gasteiger partial charge in [-0.25, -0.2) is 13.2 Å². The molecule has 1 aromatic heterocycles. The van der Waals surface area contributed by atoms with Crippen LogP contribution >= 0.6 is 0 Å². The number of fused-ring (bicyclic) bond motifs is 1. The van der Waals surface area contributed by atoms with Crippen LogP contribution in [0.15, 0.2) is 47.5 Å². The molecule has 0 bridgehead atoms. The van der Waals surface area contributed by atoms with Gasteiger partial charge in [0, 0.05) is 17.7 Å². The number of hydrogen-bond acceptors (Lipinski definition) is 2. The van der Waals surface area contributed by atoms with Gasteiger partial charge in [0.2, 0.25) is 0 Å². The van der Waals surface area contributed by atoms with E-state index in [4.69, 9.17) is 0 Å². The van der Waals surface area contributed by atoms with Gasteiger partial charge in [-0.2, -0.15) is 4.98 Å². The Balaban J connectivity index is 2.16. The molecule has 0 spiro atoms. The molecule has 6 heteroatoms. The third-order valence-corrected chi connectivity index (χ3v) is 3.19. The molecule has 0 aliphatic carbocycles. The molecule has 106 valence electrons. The molecule has 3 aromatic rings. The van der Waals surface area contributed by atoms with Gasteiger partial charge in [-0.05, 0) is 12.1 Å². The van der Waals surface area contributed by atoms with Crippen LogP contribution in [0.4, 0.5) is 13.2 Å². The van der Waals surface area contributed by atoms with E-state index in [9.17, 15) is 18.0 Å². The molecule has 0 aliphatic rings. The molecule has 0 N–H and O–H groups in total. The highest BCUT2D eigenvalue weighted by Crippen LogP contribution is 2.18. The predicted octanol–water partition coefficient (Wildman–Crippen LogP) is 2.86. The first-order valence-electron chi connectivity index (χ1n) is 6.14. The van der Waals surface area contributed by atoms with Gasteiger partial charge >= 0.3 is 0 Å². The molecule has 3 nitrogen and oxygen atoms in total. The second-order valence-corrected chi connectivity index (χ2v) is 4.54. The van der Waals surface area contributed by atoms with E-state index in [0.717, 1.165) is 0 Å². The third-order valence-electron chi connectivity index (χ3n) is 3.19. The standard InChI is InChI=1S/C15H9F3N2O/c16-9-5-12(17)11(13(18)6-9)7-20-8-19-15(21)10-3-1-2-4-14(10)20/h1-6,8H,7H2. The summed E-state index contributed by atoms with van der Waals surface area (Å²) in [4.78, 5) is 15.3. The van der Waals surface area contributed by atoms with Crippen LogP contribution in [-0.2, 0) is 6.54 Å². The van der Waals surface area contributed by atoms with Crippen molar-refractivity contribution in [2.24, 2.45) is 0 Å². The van der Waals surface area contributed by atoms with Gasteiger partial charge in [0.05, 0.1) is 23.8 Å². The molecule has 0 unspecified atom stereocenters. The highest BCUT2D eigenvalue weighted by Gasteiger charge is 2.13. The number of halogens is 3.